The maximum atomic E-state index is 3.44. The Morgan fingerprint density at radius 1 is 0.737 bits per heavy atom. The first kappa shape index (κ1) is 12.8. The van der Waals surface area contributed by atoms with Gasteiger partial charge in [0.1, 0.15) is 0 Å². The molecule has 2 aromatic rings. The molecule has 3 rings (SSSR count). The number of rotatable bonds is 3. The van der Waals surface area contributed by atoms with Crippen molar-refractivity contribution in [2.75, 3.05) is 26.2 Å². The van der Waals surface area contributed by atoms with Crippen LogP contribution >= 0.6 is 8.07 Å². The van der Waals surface area contributed by atoms with Gasteiger partial charge in [0.25, 0.3) is 0 Å². The van der Waals surface area contributed by atoms with E-state index in [0.717, 1.165) is 26.2 Å². The van der Waals surface area contributed by atoms with E-state index in [9.17, 15) is 0 Å². The van der Waals surface area contributed by atoms with Crippen LogP contribution < -0.4 is 15.9 Å². The fourth-order valence-corrected chi connectivity index (χ4v) is 4.93. The van der Waals surface area contributed by atoms with Crippen LogP contribution in [0.4, 0.5) is 0 Å². The van der Waals surface area contributed by atoms with Crippen molar-refractivity contribution < 1.29 is 0 Å². The van der Waals surface area contributed by atoms with Crippen LogP contribution in [0.15, 0.2) is 60.7 Å². The Bertz CT molecular complexity index is 455. The Hall–Kier alpha value is -1.21. The zero-order valence-corrected chi connectivity index (χ0v) is 11.9. The molecule has 2 aromatic carbocycles. The third-order valence-corrected chi connectivity index (χ3v) is 5.92. The van der Waals surface area contributed by atoms with E-state index in [-0.39, 0.29) is 8.07 Å². The molecule has 1 heterocycles. The van der Waals surface area contributed by atoms with Crippen LogP contribution in [-0.4, -0.2) is 30.8 Å². The van der Waals surface area contributed by atoms with Crippen molar-refractivity contribution in [2.24, 2.45) is 0 Å². The summed E-state index contributed by atoms with van der Waals surface area (Å²) in [6.45, 7) is 4.46. The van der Waals surface area contributed by atoms with Crippen molar-refractivity contribution in [3.05, 3.63) is 60.7 Å². The van der Waals surface area contributed by atoms with Crippen molar-refractivity contribution in [1.29, 1.82) is 0 Å². The van der Waals surface area contributed by atoms with Gasteiger partial charge in [-0.1, -0.05) is 60.7 Å². The molecule has 1 N–H and O–H groups in total. The van der Waals surface area contributed by atoms with Crippen molar-refractivity contribution in [3.8, 4) is 0 Å². The number of nitrogens with one attached hydrogen (secondary N) is 1. The van der Waals surface area contributed by atoms with Crippen molar-refractivity contribution in [1.82, 2.24) is 9.99 Å². The molecule has 0 amide bonds. The Balaban J connectivity index is 1.96. The summed E-state index contributed by atoms with van der Waals surface area (Å²) in [4.78, 5) is 0. The van der Waals surface area contributed by atoms with Gasteiger partial charge in [-0.15, -0.1) is 0 Å². The summed E-state index contributed by atoms with van der Waals surface area (Å²) >= 11 is 0. The van der Waals surface area contributed by atoms with Crippen molar-refractivity contribution in [2.45, 2.75) is 0 Å². The lowest BCUT2D eigenvalue weighted by Crippen LogP contribution is -2.43. The van der Waals surface area contributed by atoms with Crippen LogP contribution in [0.2, 0.25) is 0 Å². The van der Waals surface area contributed by atoms with Gasteiger partial charge < -0.3 is 5.32 Å². The van der Waals surface area contributed by atoms with Gasteiger partial charge in [0.05, 0.1) is 0 Å². The monoisotopic (exact) mass is 270 g/mol. The maximum Gasteiger partial charge on any atom is 0.0282 e. The Kier molecular flexibility index (Phi) is 4.24. The molecule has 0 aliphatic carbocycles. The van der Waals surface area contributed by atoms with E-state index in [4.69, 9.17) is 0 Å². The number of hydrogen-bond acceptors (Lipinski definition) is 2. The molecular formula is C16H19N2P. The molecule has 0 bridgehead atoms. The predicted molar refractivity (Wildman–Crippen MR) is 83.5 cm³/mol. The summed E-state index contributed by atoms with van der Waals surface area (Å²) in [7, 11) is -0.376. The second kappa shape index (κ2) is 6.29. The van der Waals surface area contributed by atoms with Crippen LogP contribution in [0.3, 0.4) is 0 Å². The van der Waals surface area contributed by atoms with E-state index in [1.165, 1.54) is 10.6 Å². The smallest absolute Gasteiger partial charge is 0.0282 e. The van der Waals surface area contributed by atoms with E-state index in [1.807, 2.05) is 0 Å². The van der Waals surface area contributed by atoms with E-state index in [0.29, 0.717) is 0 Å². The van der Waals surface area contributed by atoms with Crippen LogP contribution in [0.1, 0.15) is 0 Å². The molecule has 1 fully saturated rings. The first-order valence-corrected chi connectivity index (χ1v) is 8.10. The van der Waals surface area contributed by atoms with E-state index in [2.05, 4.69) is 70.7 Å². The zero-order valence-electron chi connectivity index (χ0n) is 11.0. The van der Waals surface area contributed by atoms with Crippen LogP contribution in [-0.2, 0) is 0 Å². The lowest BCUT2D eigenvalue weighted by Gasteiger charge is -2.35. The fourth-order valence-electron chi connectivity index (χ4n) is 2.47. The quantitative estimate of drug-likeness (QED) is 0.858. The molecule has 1 saturated heterocycles. The Morgan fingerprint density at radius 3 is 1.68 bits per heavy atom. The van der Waals surface area contributed by atoms with Gasteiger partial charge in [0.15, 0.2) is 0 Å². The molecule has 98 valence electrons. The Morgan fingerprint density at radius 2 is 1.21 bits per heavy atom. The molecule has 2 nitrogen and oxygen atoms in total. The van der Waals surface area contributed by atoms with Crippen LogP contribution in [0, 0.1) is 0 Å². The first-order valence-electron chi connectivity index (χ1n) is 6.81. The van der Waals surface area contributed by atoms with E-state index < -0.39 is 0 Å². The van der Waals surface area contributed by atoms with Gasteiger partial charge in [-0.2, -0.15) is 0 Å². The lowest BCUT2D eigenvalue weighted by molar-refractivity contribution is 0.389. The van der Waals surface area contributed by atoms with E-state index >= 15 is 0 Å². The Labute approximate surface area is 116 Å². The third kappa shape index (κ3) is 3.03. The molecular weight excluding hydrogens is 251 g/mol. The molecule has 1 aliphatic rings. The zero-order chi connectivity index (χ0) is 12.9. The van der Waals surface area contributed by atoms with Gasteiger partial charge in [-0.3, -0.25) is 4.67 Å². The molecule has 0 atom stereocenters. The van der Waals surface area contributed by atoms with Gasteiger partial charge in [0, 0.05) is 34.3 Å². The summed E-state index contributed by atoms with van der Waals surface area (Å²) in [6, 6.07) is 21.8. The largest absolute Gasteiger partial charge is 0.314 e. The maximum absolute atomic E-state index is 3.44. The second-order valence-electron chi connectivity index (χ2n) is 4.69. The normalized spacial score (nSPS) is 16.7. The second-order valence-corrected chi connectivity index (χ2v) is 6.91. The number of piperazine rings is 1. The van der Waals surface area contributed by atoms with Gasteiger partial charge in [-0.05, 0) is 10.6 Å². The molecule has 19 heavy (non-hydrogen) atoms. The summed E-state index contributed by atoms with van der Waals surface area (Å²) in [5.41, 5.74) is 0. The lowest BCUT2D eigenvalue weighted by atomic mass is 10.4. The summed E-state index contributed by atoms with van der Waals surface area (Å²) in [5.74, 6) is 0. The van der Waals surface area contributed by atoms with Crippen LogP contribution in [0.5, 0.6) is 0 Å². The molecule has 0 aromatic heterocycles. The number of nitrogens with zero attached hydrogens (tertiary/aromatic N) is 1. The molecule has 0 unspecified atom stereocenters. The topological polar surface area (TPSA) is 15.3 Å². The van der Waals surface area contributed by atoms with E-state index in [1.54, 1.807) is 0 Å². The summed E-state index contributed by atoms with van der Waals surface area (Å²) < 4.78 is 2.64. The molecule has 3 heteroatoms. The minimum absolute atomic E-state index is 0.376. The molecule has 0 spiro atoms. The van der Waals surface area contributed by atoms with Crippen LogP contribution in [0.25, 0.3) is 0 Å². The summed E-state index contributed by atoms with van der Waals surface area (Å²) in [5, 5.41) is 6.34. The molecule has 1 aliphatic heterocycles. The highest BCUT2D eigenvalue weighted by atomic mass is 31.1. The minimum atomic E-state index is -0.376. The van der Waals surface area contributed by atoms with Gasteiger partial charge in [0.2, 0.25) is 0 Å². The first-order chi connectivity index (χ1) is 9.45. The highest BCUT2D eigenvalue weighted by Crippen LogP contribution is 2.38. The standard InChI is InChI=1S/C16H19N2P/c1-3-7-15(8-4-1)19(16-9-5-2-6-10-16)18-13-11-17-12-14-18/h1-10,17H,11-14H2. The highest BCUT2D eigenvalue weighted by molar-refractivity contribution is 7.70. The highest BCUT2D eigenvalue weighted by Gasteiger charge is 2.23. The SMILES string of the molecule is c1ccc(P(c2ccccc2)N2CCNCC2)cc1. The number of benzene rings is 2. The predicted octanol–water partition coefficient (Wildman–Crippen LogP) is 1.94. The molecule has 0 radical (unpaired) electrons. The summed E-state index contributed by atoms with van der Waals surface area (Å²) in [6.07, 6.45) is 0. The van der Waals surface area contributed by atoms with Crippen molar-refractivity contribution in [3.63, 3.8) is 0 Å². The number of hydrogen-bond donors (Lipinski definition) is 1. The third-order valence-electron chi connectivity index (χ3n) is 3.38. The fraction of sp³-hybridized carbons (Fsp3) is 0.250. The molecule has 0 saturated carbocycles. The average Bonchev–Trinajstić information content (AvgIpc) is 2.51. The minimum Gasteiger partial charge on any atom is -0.314 e. The average molecular weight is 270 g/mol. The van der Waals surface area contributed by atoms with Gasteiger partial charge in [-0.25, -0.2) is 0 Å². The van der Waals surface area contributed by atoms with Crippen molar-refractivity contribution >= 4 is 18.7 Å². The van der Waals surface area contributed by atoms with Gasteiger partial charge >= 0.3 is 0 Å².